The Balaban J connectivity index is 2.12. The van der Waals surface area contributed by atoms with E-state index in [0.717, 1.165) is 18.4 Å². The van der Waals surface area contributed by atoms with Crippen LogP contribution in [0.15, 0.2) is 29.2 Å². The van der Waals surface area contributed by atoms with Crippen LogP contribution < -0.4 is 10.5 Å². The highest BCUT2D eigenvalue weighted by atomic mass is 32.2. The van der Waals surface area contributed by atoms with Gasteiger partial charge in [-0.25, -0.2) is 13.1 Å². The van der Waals surface area contributed by atoms with Crippen molar-refractivity contribution in [2.75, 3.05) is 0 Å². The molecular weight excluding hydrogens is 236 g/mol. The van der Waals surface area contributed by atoms with Crippen LogP contribution in [0.25, 0.3) is 0 Å². The van der Waals surface area contributed by atoms with Crippen molar-refractivity contribution in [2.45, 2.75) is 37.2 Å². The first-order valence-corrected chi connectivity index (χ1v) is 7.32. The van der Waals surface area contributed by atoms with Gasteiger partial charge in [0, 0.05) is 12.6 Å². The lowest BCUT2D eigenvalue weighted by Gasteiger charge is -2.13. The fourth-order valence-electron chi connectivity index (χ4n) is 1.81. The lowest BCUT2D eigenvalue weighted by Crippen LogP contribution is -2.34. The molecule has 1 aliphatic carbocycles. The van der Waals surface area contributed by atoms with Gasteiger partial charge in [-0.15, -0.1) is 0 Å². The quantitative estimate of drug-likeness (QED) is 0.830. The summed E-state index contributed by atoms with van der Waals surface area (Å²) in [6.45, 7) is 2.34. The molecule has 17 heavy (non-hydrogen) atoms. The molecule has 4 nitrogen and oxygen atoms in total. The Labute approximate surface area is 102 Å². The molecule has 1 atom stereocenters. The third-order valence-electron chi connectivity index (χ3n) is 3.14. The number of nitrogens with one attached hydrogen (secondary N) is 1. The minimum Gasteiger partial charge on any atom is -0.326 e. The summed E-state index contributed by atoms with van der Waals surface area (Å²) in [4.78, 5) is 0.308. The molecule has 1 fully saturated rings. The molecule has 1 aromatic rings. The predicted molar refractivity (Wildman–Crippen MR) is 66.8 cm³/mol. The molecular formula is C12H18N2O2S. The van der Waals surface area contributed by atoms with Gasteiger partial charge >= 0.3 is 0 Å². The first-order chi connectivity index (χ1) is 8.03. The summed E-state index contributed by atoms with van der Waals surface area (Å²) in [6, 6.07) is 6.72. The summed E-state index contributed by atoms with van der Waals surface area (Å²) in [7, 11) is -3.38. The SMILES string of the molecule is CC(NS(=O)(=O)c1ccc(CN)cc1)C1CC1. The summed E-state index contributed by atoms with van der Waals surface area (Å²) in [5, 5.41) is 0. The Hall–Kier alpha value is -0.910. The van der Waals surface area contributed by atoms with Crippen molar-refractivity contribution in [1.82, 2.24) is 4.72 Å². The van der Waals surface area contributed by atoms with Gasteiger partial charge in [-0.05, 0) is 43.4 Å². The highest BCUT2D eigenvalue weighted by Gasteiger charge is 2.31. The zero-order valence-electron chi connectivity index (χ0n) is 9.89. The fourth-order valence-corrected chi connectivity index (χ4v) is 3.12. The van der Waals surface area contributed by atoms with Crippen LogP contribution in [0.5, 0.6) is 0 Å². The first-order valence-electron chi connectivity index (χ1n) is 5.84. The zero-order chi connectivity index (χ0) is 12.5. The van der Waals surface area contributed by atoms with E-state index in [2.05, 4.69) is 4.72 Å². The first kappa shape index (κ1) is 12.5. The lowest BCUT2D eigenvalue weighted by atomic mass is 10.2. The lowest BCUT2D eigenvalue weighted by molar-refractivity contribution is 0.538. The van der Waals surface area contributed by atoms with E-state index in [9.17, 15) is 8.42 Å². The molecule has 0 saturated heterocycles. The normalized spacial score (nSPS) is 18.0. The van der Waals surface area contributed by atoms with Crippen LogP contribution in [0.4, 0.5) is 0 Å². The van der Waals surface area contributed by atoms with E-state index in [-0.39, 0.29) is 6.04 Å². The maximum Gasteiger partial charge on any atom is 0.240 e. The van der Waals surface area contributed by atoms with E-state index in [1.165, 1.54) is 0 Å². The van der Waals surface area contributed by atoms with Gasteiger partial charge in [-0.3, -0.25) is 0 Å². The molecule has 0 spiro atoms. The molecule has 1 aliphatic rings. The van der Waals surface area contributed by atoms with Crippen LogP contribution in [0, 0.1) is 5.92 Å². The molecule has 0 aliphatic heterocycles. The summed E-state index contributed by atoms with van der Waals surface area (Å²) < 4.78 is 26.8. The molecule has 94 valence electrons. The second kappa shape index (κ2) is 4.76. The summed E-state index contributed by atoms with van der Waals surface area (Å²) in [6.07, 6.45) is 2.24. The maximum atomic E-state index is 12.0. The third kappa shape index (κ3) is 3.06. The van der Waals surface area contributed by atoms with Crippen molar-refractivity contribution in [3.05, 3.63) is 29.8 Å². The van der Waals surface area contributed by atoms with E-state index >= 15 is 0 Å². The van der Waals surface area contributed by atoms with Gasteiger partial charge in [0.1, 0.15) is 0 Å². The minimum absolute atomic E-state index is 0.0224. The van der Waals surface area contributed by atoms with Gasteiger partial charge in [-0.2, -0.15) is 0 Å². The Morgan fingerprint density at radius 1 is 1.35 bits per heavy atom. The Kier molecular flexibility index (Phi) is 3.51. The van der Waals surface area contributed by atoms with E-state index in [1.807, 2.05) is 6.92 Å². The Morgan fingerprint density at radius 2 is 1.94 bits per heavy atom. The van der Waals surface area contributed by atoms with Crippen molar-refractivity contribution in [2.24, 2.45) is 11.7 Å². The molecule has 0 bridgehead atoms. The van der Waals surface area contributed by atoms with Crippen LogP contribution in [0.3, 0.4) is 0 Å². The number of hydrogen-bond acceptors (Lipinski definition) is 3. The predicted octanol–water partition coefficient (Wildman–Crippen LogP) is 1.22. The molecule has 1 aromatic carbocycles. The van der Waals surface area contributed by atoms with E-state index in [4.69, 9.17) is 5.73 Å². The summed E-state index contributed by atoms with van der Waals surface area (Å²) in [5.41, 5.74) is 6.40. The van der Waals surface area contributed by atoms with Crippen molar-refractivity contribution in [3.8, 4) is 0 Å². The molecule has 0 aromatic heterocycles. The van der Waals surface area contributed by atoms with Crippen LogP contribution in [0.2, 0.25) is 0 Å². The number of hydrogen-bond donors (Lipinski definition) is 2. The molecule has 2 rings (SSSR count). The van der Waals surface area contributed by atoms with E-state index < -0.39 is 10.0 Å². The maximum absolute atomic E-state index is 12.0. The summed E-state index contributed by atoms with van der Waals surface area (Å²) in [5.74, 6) is 0.507. The highest BCUT2D eigenvalue weighted by molar-refractivity contribution is 7.89. The monoisotopic (exact) mass is 254 g/mol. The standard InChI is InChI=1S/C12H18N2O2S/c1-9(11-4-5-11)14-17(15,16)12-6-2-10(8-13)3-7-12/h2-3,6-7,9,11,14H,4-5,8,13H2,1H3. The van der Waals surface area contributed by atoms with Crippen LogP contribution >= 0.6 is 0 Å². The van der Waals surface area contributed by atoms with Gasteiger partial charge < -0.3 is 5.73 Å². The largest absolute Gasteiger partial charge is 0.326 e. The van der Waals surface area contributed by atoms with Crippen LogP contribution in [0.1, 0.15) is 25.3 Å². The number of benzene rings is 1. The third-order valence-corrected chi connectivity index (χ3v) is 4.71. The van der Waals surface area contributed by atoms with Crippen molar-refractivity contribution < 1.29 is 8.42 Å². The highest BCUT2D eigenvalue weighted by Crippen LogP contribution is 2.32. The molecule has 1 saturated carbocycles. The van der Waals surface area contributed by atoms with Crippen LogP contribution in [-0.4, -0.2) is 14.5 Å². The van der Waals surface area contributed by atoms with Gasteiger partial charge in [0.15, 0.2) is 0 Å². The fraction of sp³-hybridized carbons (Fsp3) is 0.500. The molecule has 0 amide bonds. The molecule has 1 unspecified atom stereocenters. The van der Waals surface area contributed by atoms with Gasteiger partial charge in [0.25, 0.3) is 0 Å². The average molecular weight is 254 g/mol. The number of rotatable bonds is 5. The number of nitrogens with two attached hydrogens (primary N) is 1. The van der Waals surface area contributed by atoms with E-state index in [0.29, 0.717) is 17.4 Å². The van der Waals surface area contributed by atoms with Crippen molar-refractivity contribution in [3.63, 3.8) is 0 Å². The minimum atomic E-state index is -3.38. The van der Waals surface area contributed by atoms with Crippen molar-refractivity contribution in [1.29, 1.82) is 0 Å². The van der Waals surface area contributed by atoms with Gasteiger partial charge in [0.05, 0.1) is 4.90 Å². The average Bonchev–Trinajstić information content (AvgIpc) is 3.12. The second-order valence-electron chi connectivity index (χ2n) is 4.60. The van der Waals surface area contributed by atoms with Gasteiger partial charge in [-0.1, -0.05) is 12.1 Å². The van der Waals surface area contributed by atoms with Crippen LogP contribution in [-0.2, 0) is 16.6 Å². The zero-order valence-corrected chi connectivity index (χ0v) is 10.7. The molecule has 0 heterocycles. The number of sulfonamides is 1. The van der Waals surface area contributed by atoms with Crippen molar-refractivity contribution >= 4 is 10.0 Å². The second-order valence-corrected chi connectivity index (χ2v) is 6.31. The van der Waals surface area contributed by atoms with E-state index in [1.54, 1.807) is 24.3 Å². The molecule has 5 heteroatoms. The molecule has 0 radical (unpaired) electrons. The Bertz CT molecular complexity index is 478. The molecule has 3 N–H and O–H groups in total. The summed E-state index contributed by atoms with van der Waals surface area (Å²) >= 11 is 0. The smallest absolute Gasteiger partial charge is 0.240 e. The van der Waals surface area contributed by atoms with Gasteiger partial charge in [0.2, 0.25) is 10.0 Å². The Morgan fingerprint density at radius 3 is 2.41 bits per heavy atom. The topological polar surface area (TPSA) is 72.2 Å².